The number of hydrogen-bond acceptors (Lipinski definition) is 4. The van der Waals surface area contributed by atoms with E-state index in [0.717, 1.165) is 4.90 Å². The van der Waals surface area contributed by atoms with Crippen LogP contribution in [0.2, 0.25) is 0 Å². The van der Waals surface area contributed by atoms with Crippen molar-refractivity contribution < 1.29 is 14.4 Å². The molecule has 1 atom stereocenters. The standard InChI is InChI=1S/C14H10N4O3/c15-17-16-12-8(7-19)5-6-11(12)18-13(20)9-3-1-2-4-10(9)14(18)21/h1-4,7,11H,5-6H2. The molecule has 3 rings (SSSR count). The second-order valence-electron chi connectivity index (χ2n) is 4.80. The number of amides is 2. The lowest BCUT2D eigenvalue weighted by atomic mass is 10.1. The largest absolute Gasteiger partial charge is 0.298 e. The summed E-state index contributed by atoms with van der Waals surface area (Å²) in [7, 11) is 0. The molecule has 1 aromatic carbocycles. The van der Waals surface area contributed by atoms with Crippen LogP contribution in [0.3, 0.4) is 0 Å². The number of aldehydes is 1. The molecule has 21 heavy (non-hydrogen) atoms. The summed E-state index contributed by atoms with van der Waals surface area (Å²) in [6.07, 6.45) is 1.39. The third kappa shape index (κ3) is 1.83. The van der Waals surface area contributed by atoms with Gasteiger partial charge in [-0.15, -0.1) is 0 Å². The zero-order valence-electron chi connectivity index (χ0n) is 10.9. The van der Waals surface area contributed by atoms with Gasteiger partial charge in [0.2, 0.25) is 0 Å². The Morgan fingerprint density at radius 1 is 1.24 bits per heavy atom. The Bertz CT molecular complexity index is 711. The summed E-state index contributed by atoms with van der Waals surface area (Å²) in [5, 5.41) is 3.52. The van der Waals surface area contributed by atoms with E-state index in [4.69, 9.17) is 5.53 Å². The second-order valence-corrected chi connectivity index (χ2v) is 4.80. The molecule has 0 N–H and O–H groups in total. The third-order valence-corrected chi connectivity index (χ3v) is 3.76. The van der Waals surface area contributed by atoms with E-state index < -0.39 is 17.9 Å². The Kier molecular flexibility index (Phi) is 3.04. The Hall–Kier alpha value is -2.92. The normalized spacial score (nSPS) is 20.6. The third-order valence-electron chi connectivity index (χ3n) is 3.76. The molecular formula is C14H10N4O3. The highest BCUT2D eigenvalue weighted by molar-refractivity contribution is 6.21. The first-order valence-corrected chi connectivity index (χ1v) is 6.39. The minimum Gasteiger partial charge on any atom is -0.298 e. The molecule has 1 heterocycles. The van der Waals surface area contributed by atoms with Crippen LogP contribution in [0.1, 0.15) is 33.6 Å². The fourth-order valence-corrected chi connectivity index (χ4v) is 2.81. The van der Waals surface area contributed by atoms with Crippen molar-refractivity contribution in [2.45, 2.75) is 18.9 Å². The van der Waals surface area contributed by atoms with E-state index in [-0.39, 0.29) is 5.70 Å². The van der Waals surface area contributed by atoms with Crippen molar-refractivity contribution in [3.8, 4) is 0 Å². The zero-order chi connectivity index (χ0) is 15.0. The van der Waals surface area contributed by atoms with Gasteiger partial charge in [0.25, 0.3) is 11.8 Å². The van der Waals surface area contributed by atoms with Gasteiger partial charge < -0.3 is 0 Å². The van der Waals surface area contributed by atoms with Crippen LogP contribution in [0, 0.1) is 0 Å². The van der Waals surface area contributed by atoms with E-state index in [2.05, 4.69) is 10.0 Å². The van der Waals surface area contributed by atoms with Crippen LogP contribution in [0.4, 0.5) is 0 Å². The fraction of sp³-hybridized carbons (Fsp3) is 0.214. The van der Waals surface area contributed by atoms with Gasteiger partial charge in [-0.25, -0.2) is 0 Å². The summed E-state index contributed by atoms with van der Waals surface area (Å²) < 4.78 is 0. The molecule has 7 nitrogen and oxygen atoms in total. The highest BCUT2D eigenvalue weighted by Gasteiger charge is 2.43. The number of nitrogens with zero attached hydrogens (tertiary/aromatic N) is 4. The Balaban J connectivity index is 2.05. The lowest BCUT2D eigenvalue weighted by Gasteiger charge is -2.22. The number of carbonyl (C=O) groups excluding carboxylic acids is 3. The van der Waals surface area contributed by atoms with Crippen LogP contribution >= 0.6 is 0 Å². The van der Waals surface area contributed by atoms with Gasteiger partial charge >= 0.3 is 0 Å². The zero-order valence-corrected chi connectivity index (χ0v) is 10.9. The van der Waals surface area contributed by atoms with Crippen LogP contribution in [0.15, 0.2) is 40.6 Å². The molecule has 2 aliphatic rings. The molecule has 0 bridgehead atoms. The average molecular weight is 282 g/mol. The predicted molar refractivity (Wildman–Crippen MR) is 72.2 cm³/mol. The van der Waals surface area contributed by atoms with Crippen LogP contribution in [-0.2, 0) is 4.79 Å². The lowest BCUT2D eigenvalue weighted by Crippen LogP contribution is -2.39. The molecule has 0 saturated heterocycles. The van der Waals surface area contributed by atoms with Crippen molar-refractivity contribution in [1.29, 1.82) is 0 Å². The molecule has 1 aromatic rings. The maximum absolute atomic E-state index is 12.4. The molecule has 2 amide bonds. The lowest BCUT2D eigenvalue weighted by molar-refractivity contribution is -0.105. The molecule has 0 aromatic heterocycles. The summed E-state index contributed by atoms with van der Waals surface area (Å²) in [6.45, 7) is 0. The number of allylic oxidation sites excluding steroid dienone is 1. The summed E-state index contributed by atoms with van der Waals surface area (Å²) >= 11 is 0. The van der Waals surface area contributed by atoms with Crippen LogP contribution in [0.5, 0.6) is 0 Å². The number of imide groups is 1. The van der Waals surface area contributed by atoms with Gasteiger partial charge in [0.1, 0.15) is 6.29 Å². The molecule has 0 spiro atoms. The first kappa shape index (κ1) is 13.1. The molecule has 0 fully saturated rings. The summed E-state index contributed by atoms with van der Waals surface area (Å²) in [6, 6.07) is 5.87. The van der Waals surface area contributed by atoms with Crippen LogP contribution in [-0.4, -0.2) is 29.0 Å². The highest BCUT2D eigenvalue weighted by Crippen LogP contribution is 2.35. The molecule has 104 valence electrons. The highest BCUT2D eigenvalue weighted by atomic mass is 16.2. The van der Waals surface area contributed by atoms with E-state index in [1.165, 1.54) is 0 Å². The molecule has 0 saturated carbocycles. The van der Waals surface area contributed by atoms with Gasteiger partial charge in [0.05, 0.1) is 17.2 Å². The average Bonchev–Trinajstić information content (AvgIpc) is 3.00. The first-order chi connectivity index (χ1) is 10.2. The maximum atomic E-state index is 12.4. The van der Waals surface area contributed by atoms with E-state index in [1.807, 2.05) is 0 Å². The SMILES string of the molecule is [N-]=[N+]=NC1=C(C=O)CCC1N1C(=O)c2ccccc2C1=O. The van der Waals surface area contributed by atoms with Crippen LogP contribution < -0.4 is 0 Å². The van der Waals surface area contributed by atoms with E-state index in [1.54, 1.807) is 24.3 Å². The van der Waals surface area contributed by atoms with Crippen molar-refractivity contribution in [3.05, 3.63) is 57.1 Å². The van der Waals surface area contributed by atoms with Crippen molar-refractivity contribution >= 4 is 18.1 Å². The summed E-state index contributed by atoms with van der Waals surface area (Å²) in [5.74, 6) is -0.836. The van der Waals surface area contributed by atoms with Crippen molar-refractivity contribution in [2.75, 3.05) is 0 Å². The van der Waals surface area contributed by atoms with Gasteiger partial charge in [0.15, 0.2) is 0 Å². The number of fused-ring (bicyclic) bond motifs is 1. The molecule has 1 unspecified atom stereocenters. The Morgan fingerprint density at radius 2 is 1.86 bits per heavy atom. The van der Waals surface area contributed by atoms with E-state index in [0.29, 0.717) is 35.8 Å². The monoisotopic (exact) mass is 282 g/mol. The van der Waals surface area contributed by atoms with Crippen molar-refractivity contribution in [3.63, 3.8) is 0 Å². The second kappa shape index (κ2) is 4.88. The van der Waals surface area contributed by atoms with Crippen LogP contribution in [0.25, 0.3) is 10.4 Å². The van der Waals surface area contributed by atoms with Crippen molar-refractivity contribution in [1.82, 2.24) is 4.90 Å². The number of carbonyl (C=O) groups is 3. The molecule has 0 radical (unpaired) electrons. The van der Waals surface area contributed by atoms with Gasteiger partial charge in [0, 0.05) is 10.6 Å². The van der Waals surface area contributed by atoms with Gasteiger partial charge in [-0.3, -0.25) is 19.3 Å². The summed E-state index contributed by atoms with van der Waals surface area (Å²) in [5.41, 5.74) is 9.81. The Labute approximate surface area is 119 Å². The topological polar surface area (TPSA) is 103 Å². The van der Waals surface area contributed by atoms with Gasteiger partial charge in [-0.2, -0.15) is 0 Å². The number of rotatable bonds is 3. The van der Waals surface area contributed by atoms with Crippen molar-refractivity contribution in [2.24, 2.45) is 5.11 Å². The molecule has 1 aliphatic heterocycles. The quantitative estimate of drug-likeness (QED) is 0.279. The minimum atomic E-state index is -0.673. The molecular weight excluding hydrogens is 272 g/mol. The van der Waals surface area contributed by atoms with Gasteiger partial charge in [-0.1, -0.05) is 17.2 Å². The van der Waals surface area contributed by atoms with E-state index >= 15 is 0 Å². The number of azide groups is 1. The smallest absolute Gasteiger partial charge is 0.262 e. The molecule has 7 heteroatoms. The van der Waals surface area contributed by atoms with Gasteiger partial charge in [-0.05, 0) is 36.1 Å². The summed E-state index contributed by atoms with van der Waals surface area (Å²) in [4.78, 5) is 39.6. The Morgan fingerprint density at radius 3 is 2.38 bits per heavy atom. The molecule has 1 aliphatic carbocycles. The first-order valence-electron chi connectivity index (χ1n) is 6.39. The fourth-order valence-electron chi connectivity index (χ4n) is 2.81. The number of hydrogen-bond donors (Lipinski definition) is 0. The number of benzene rings is 1. The van der Waals surface area contributed by atoms with E-state index in [9.17, 15) is 14.4 Å². The minimum absolute atomic E-state index is 0.169. The maximum Gasteiger partial charge on any atom is 0.262 e. The predicted octanol–water partition coefficient (Wildman–Crippen LogP) is 2.21.